The highest BCUT2D eigenvalue weighted by atomic mass is 16.4. The van der Waals surface area contributed by atoms with Crippen molar-refractivity contribution < 1.29 is 4.42 Å². The van der Waals surface area contributed by atoms with Crippen LogP contribution in [0.4, 0.5) is 0 Å². The first kappa shape index (κ1) is 14.3. The van der Waals surface area contributed by atoms with Gasteiger partial charge in [0.25, 0.3) is 0 Å². The van der Waals surface area contributed by atoms with Crippen LogP contribution in [-0.2, 0) is 0 Å². The lowest BCUT2D eigenvalue weighted by Crippen LogP contribution is -2.23. The van der Waals surface area contributed by atoms with Crippen molar-refractivity contribution in [1.82, 2.24) is 15.5 Å². The molecule has 1 unspecified atom stereocenters. The first-order valence-corrected chi connectivity index (χ1v) is 8.00. The van der Waals surface area contributed by atoms with Crippen LogP contribution in [0.15, 0.2) is 34.7 Å². The fraction of sp³-hybridized carbons (Fsp3) is 0.529. The highest BCUT2D eigenvalue weighted by molar-refractivity contribution is 5.23. The van der Waals surface area contributed by atoms with Gasteiger partial charge in [0, 0.05) is 5.92 Å². The number of rotatable bonds is 6. The molecular weight excluding hydrogens is 262 g/mol. The minimum atomic E-state index is -0.00574. The van der Waals surface area contributed by atoms with E-state index in [-0.39, 0.29) is 6.04 Å². The highest BCUT2D eigenvalue weighted by Gasteiger charge is 2.25. The molecule has 0 bridgehead atoms. The van der Waals surface area contributed by atoms with E-state index in [0.717, 1.165) is 18.9 Å². The standard InChI is InChI=1S/C17H23N3O/c1-2-12-18-15(13-8-4-3-5-9-13)17-20-19-16(21-17)14-10-6-7-11-14/h3-5,8-9,14-15,18H,2,6-7,10-12H2,1H3. The van der Waals surface area contributed by atoms with Gasteiger partial charge in [-0.05, 0) is 31.4 Å². The Labute approximate surface area is 126 Å². The van der Waals surface area contributed by atoms with Gasteiger partial charge in [0.1, 0.15) is 6.04 Å². The first-order chi connectivity index (χ1) is 10.4. The molecule has 1 aliphatic carbocycles. The summed E-state index contributed by atoms with van der Waals surface area (Å²) in [6.07, 6.45) is 5.99. The molecule has 1 aliphatic rings. The smallest absolute Gasteiger partial charge is 0.237 e. The Morgan fingerprint density at radius 1 is 1.19 bits per heavy atom. The molecule has 4 nitrogen and oxygen atoms in total. The average molecular weight is 285 g/mol. The van der Waals surface area contributed by atoms with Crippen LogP contribution in [0.2, 0.25) is 0 Å². The van der Waals surface area contributed by atoms with Crippen LogP contribution in [0.1, 0.15) is 68.3 Å². The molecule has 1 atom stereocenters. The molecule has 0 aliphatic heterocycles. The quantitative estimate of drug-likeness (QED) is 0.876. The third-order valence-electron chi connectivity index (χ3n) is 4.14. The van der Waals surface area contributed by atoms with Gasteiger partial charge in [0.15, 0.2) is 0 Å². The molecule has 0 saturated heterocycles. The Morgan fingerprint density at radius 2 is 1.95 bits per heavy atom. The lowest BCUT2D eigenvalue weighted by atomic mass is 10.1. The molecule has 1 aromatic carbocycles. The van der Waals surface area contributed by atoms with Crippen LogP contribution in [0, 0.1) is 0 Å². The third kappa shape index (κ3) is 3.32. The lowest BCUT2D eigenvalue weighted by Gasteiger charge is -2.15. The maximum absolute atomic E-state index is 6.00. The van der Waals surface area contributed by atoms with Crippen molar-refractivity contribution in [1.29, 1.82) is 0 Å². The van der Waals surface area contributed by atoms with E-state index in [0.29, 0.717) is 11.8 Å². The molecule has 1 fully saturated rings. The zero-order valence-electron chi connectivity index (χ0n) is 12.6. The predicted molar refractivity (Wildman–Crippen MR) is 82.1 cm³/mol. The van der Waals surface area contributed by atoms with Gasteiger partial charge in [-0.25, -0.2) is 0 Å². The second-order valence-corrected chi connectivity index (χ2v) is 5.76. The maximum Gasteiger partial charge on any atom is 0.237 e. The summed E-state index contributed by atoms with van der Waals surface area (Å²) >= 11 is 0. The van der Waals surface area contributed by atoms with Crippen LogP contribution in [0.5, 0.6) is 0 Å². The van der Waals surface area contributed by atoms with Crippen molar-refractivity contribution in [2.24, 2.45) is 0 Å². The van der Waals surface area contributed by atoms with E-state index >= 15 is 0 Å². The number of nitrogens with one attached hydrogen (secondary N) is 1. The summed E-state index contributed by atoms with van der Waals surface area (Å²) in [5.41, 5.74) is 1.17. The molecule has 3 rings (SSSR count). The van der Waals surface area contributed by atoms with Gasteiger partial charge in [-0.1, -0.05) is 50.1 Å². The van der Waals surface area contributed by atoms with E-state index < -0.39 is 0 Å². The molecule has 1 saturated carbocycles. The molecule has 21 heavy (non-hydrogen) atoms. The average Bonchev–Trinajstić information content (AvgIpc) is 3.20. The van der Waals surface area contributed by atoms with Crippen molar-refractivity contribution in [2.45, 2.75) is 51.0 Å². The molecule has 112 valence electrons. The molecular formula is C17H23N3O. The molecule has 1 aromatic heterocycles. The van der Waals surface area contributed by atoms with Gasteiger partial charge in [-0.2, -0.15) is 0 Å². The van der Waals surface area contributed by atoms with Crippen molar-refractivity contribution in [3.8, 4) is 0 Å². The van der Waals surface area contributed by atoms with Crippen LogP contribution in [0.25, 0.3) is 0 Å². The zero-order valence-corrected chi connectivity index (χ0v) is 12.6. The molecule has 0 amide bonds. The minimum Gasteiger partial charge on any atom is -0.423 e. The lowest BCUT2D eigenvalue weighted by molar-refractivity contribution is 0.384. The zero-order chi connectivity index (χ0) is 14.5. The Morgan fingerprint density at radius 3 is 2.67 bits per heavy atom. The van der Waals surface area contributed by atoms with Gasteiger partial charge in [0.2, 0.25) is 11.8 Å². The second-order valence-electron chi connectivity index (χ2n) is 5.76. The summed E-state index contributed by atoms with van der Waals surface area (Å²) in [5, 5.41) is 12.1. The second kappa shape index (κ2) is 6.85. The summed E-state index contributed by atoms with van der Waals surface area (Å²) in [4.78, 5) is 0. The minimum absolute atomic E-state index is 0.00574. The fourth-order valence-corrected chi connectivity index (χ4v) is 2.98. The maximum atomic E-state index is 6.00. The van der Waals surface area contributed by atoms with Crippen LogP contribution >= 0.6 is 0 Å². The van der Waals surface area contributed by atoms with Crippen molar-refractivity contribution in [3.63, 3.8) is 0 Å². The molecule has 0 radical (unpaired) electrons. The van der Waals surface area contributed by atoms with E-state index in [1.165, 1.54) is 31.2 Å². The summed E-state index contributed by atoms with van der Waals surface area (Å²) in [7, 11) is 0. The highest BCUT2D eigenvalue weighted by Crippen LogP contribution is 2.34. The summed E-state index contributed by atoms with van der Waals surface area (Å²) in [6.45, 7) is 3.09. The fourth-order valence-electron chi connectivity index (χ4n) is 2.98. The van der Waals surface area contributed by atoms with E-state index in [4.69, 9.17) is 4.42 Å². The SMILES string of the molecule is CCCNC(c1ccccc1)c1nnc(C2CCCC2)o1. The van der Waals surface area contributed by atoms with Crippen LogP contribution in [-0.4, -0.2) is 16.7 Å². The number of hydrogen-bond acceptors (Lipinski definition) is 4. The van der Waals surface area contributed by atoms with Gasteiger partial charge in [-0.15, -0.1) is 10.2 Å². The monoisotopic (exact) mass is 285 g/mol. The van der Waals surface area contributed by atoms with Crippen molar-refractivity contribution >= 4 is 0 Å². The van der Waals surface area contributed by atoms with E-state index in [1.807, 2.05) is 18.2 Å². The molecule has 4 heteroatoms. The topological polar surface area (TPSA) is 51.0 Å². The van der Waals surface area contributed by atoms with Crippen molar-refractivity contribution in [2.75, 3.05) is 6.54 Å². The number of nitrogens with zero attached hydrogens (tertiary/aromatic N) is 2. The Bertz CT molecular complexity index is 546. The summed E-state index contributed by atoms with van der Waals surface area (Å²) in [5.74, 6) is 1.98. The molecule has 1 N–H and O–H groups in total. The van der Waals surface area contributed by atoms with Gasteiger partial charge >= 0.3 is 0 Å². The molecule has 0 spiro atoms. The number of hydrogen-bond donors (Lipinski definition) is 1. The molecule has 1 heterocycles. The third-order valence-corrected chi connectivity index (χ3v) is 4.14. The van der Waals surface area contributed by atoms with Crippen LogP contribution < -0.4 is 5.32 Å². The summed E-state index contributed by atoms with van der Waals surface area (Å²) < 4.78 is 6.00. The van der Waals surface area contributed by atoms with E-state index in [1.54, 1.807) is 0 Å². The number of aromatic nitrogens is 2. The van der Waals surface area contributed by atoms with Gasteiger partial charge in [0.05, 0.1) is 0 Å². The normalized spacial score (nSPS) is 17.2. The van der Waals surface area contributed by atoms with Gasteiger partial charge in [-0.3, -0.25) is 0 Å². The largest absolute Gasteiger partial charge is 0.423 e. The van der Waals surface area contributed by atoms with E-state index in [2.05, 4.69) is 34.6 Å². The number of benzene rings is 1. The molecule has 2 aromatic rings. The Hall–Kier alpha value is -1.68. The van der Waals surface area contributed by atoms with Crippen LogP contribution in [0.3, 0.4) is 0 Å². The predicted octanol–water partition coefficient (Wildman–Crippen LogP) is 3.82. The van der Waals surface area contributed by atoms with Gasteiger partial charge < -0.3 is 9.73 Å². The summed E-state index contributed by atoms with van der Waals surface area (Å²) in [6, 6.07) is 10.3. The van der Waals surface area contributed by atoms with Crippen molar-refractivity contribution in [3.05, 3.63) is 47.7 Å². The Kier molecular flexibility index (Phi) is 4.65. The Balaban J connectivity index is 1.82. The first-order valence-electron chi connectivity index (χ1n) is 8.00. The van der Waals surface area contributed by atoms with E-state index in [9.17, 15) is 0 Å².